The molecule has 0 spiro atoms. The number of piperazine rings is 1. The Morgan fingerprint density at radius 2 is 1.57 bits per heavy atom. The number of hydrogen-bond acceptors (Lipinski definition) is 3. The maximum absolute atomic E-state index is 12.2. The SMILES string of the molecule is Cc1cccc(NC(=O)NC(=O)C[NH+]2CC[NH+](CC(=O)NC3CC3)CC2)c1C. The van der Waals surface area contributed by atoms with Crippen molar-refractivity contribution in [3.8, 4) is 0 Å². The molecule has 0 unspecified atom stereocenters. The van der Waals surface area contributed by atoms with Gasteiger partial charge < -0.3 is 20.4 Å². The highest BCUT2D eigenvalue weighted by Crippen LogP contribution is 2.18. The highest BCUT2D eigenvalue weighted by atomic mass is 16.2. The summed E-state index contributed by atoms with van der Waals surface area (Å²) in [6, 6.07) is 5.57. The number of carbonyl (C=O) groups is 3. The van der Waals surface area contributed by atoms with E-state index in [1.54, 1.807) is 0 Å². The summed E-state index contributed by atoms with van der Waals surface area (Å²) in [4.78, 5) is 38.6. The molecular formula is C20H31N5O3+2. The molecule has 2 fully saturated rings. The predicted octanol–water partition coefficient (Wildman–Crippen LogP) is -1.99. The molecule has 0 bridgehead atoms. The van der Waals surface area contributed by atoms with Crippen LogP contribution in [0.3, 0.4) is 0 Å². The molecule has 1 aliphatic heterocycles. The topological polar surface area (TPSA) is 96.2 Å². The number of quaternary nitrogens is 2. The molecule has 152 valence electrons. The van der Waals surface area contributed by atoms with Crippen molar-refractivity contribution >= 4 is 23.5 Å². The van der Waals surface area contributed by atoms with Crippen molar-refractivity contribution in [3.63, 3.8) is 0 Å². The third-order valence-electron chi connectivity index (χ3n) is 5.53. The maximum atomic E-state index is 12.2. The molecule has 5 N–H and O–H groups in total. The monoisotopic (exact) mass is 389 g/mol. The van der Waals surface area contributed by atoms with Gasteiger partial charge in [-0.05, 0) is 43.9 Å². The van der Waals surface area contributed by atoms with Gasteiger partial charge in [0.1, 0.15) is 26.2 Å². The normalized spacial score (nSPS) is 21.6. The minimum atomic E-state index is -0.501. The number of urea groups is 1. The Morgan fingerprint density at radius 3 is 2.18 bits per heavy atom. The van der Waals surface area contributed by atoms with Crippen molar-refractivity contribution in [2.24, 2.45) is 0 Å². The molecular weight excluding hydrogens is 358 g/mol. The second kappa shape index (κ2) is 9.16. The van der Waals surface area contributed by atoms with Crippen LogP contribution < -0.4 is 25.8 Å². The smallest absolute Gasteiger partial charge is 0.326 e. The van der Waals surface area contributed by atoms with Gasteiger partial charge in [0.25, 0.3) is 11.8 Å². The van der Waals surface area contributed by atoms with Crippen molar-refractivity contribution in [1.29, 1.82) is 0 Å². The number of anilines is 1. The summed E-state index contributed by atoms with van der Waals surface area (Å²) >= 11 is 0. The molecule has 28 heavy (non-hydrogen) atoms. The van der Waals surface area contributed by atoms with Crippen molar-refractivity contribution in [3.05, 3.63) is 29.3 Å². The lowest BCUT2D eigenvalue weighted by molar-refractivity contribution is -1.00. The summed E-state index contributed by atoms with van der Waals surface area (Å²) < 4.78 is 0. The van der Waals surface area contributed by atoms with Crippen molar-refractivity contribution < 1.29 is 24.2 Å². The summed E-state index contributed by atoms with van der Waals surface area (Å²) in [6.07, 6.45) is 2.20. The first kappa shape index (κ1) is 20.3. The van der Waals surface area contributed by atoms with Crippen LogP contribution in [0.25, 0.3) is 0 Å². The van der Waals surface area contributed by atoms with E-state index in [1.807, 2.05) is 32.0 Å². The summed E-state index contributed by atoms with van der Waals surface area (Å²) in [6.45, 7) is 8.03. The number of carbonyl (C=O) groups excluding carboxylic acids is 3. The van der Waals surface area contributed by atoms with Crippen molar-refractivity contribution in [1.82, 2.24) is 10.6 Å². The number of nitrogens with one attached hydrogen (secondary N) is 5. The zero-order chi connectivity index (χ0) is 20.1. The van der Waals surface area contributed by atoms with E-state index in [-0.39, 0.29) is 18.4 Å². The molecule has 1 saturated heterocycles. The average Bonchev–Trinajstić information content (AvgIpc) is 3.44. The zero-order valence-electron chi connectivity index (χ0n) is 16.7. The summed E-state index contributed by atoms with van der Waals surface area (Å²) in [7, 11) is 0. The summed E-state index contributed by atoms with van der Waals surface area (Å²) in [5, 5.41) is 8.17. The van der Waals surface area contributed by atoms with Gasteiger partial charge in [0, 0.05) is 11.7 Å². The van der Waals surface area contributed by atoms with Crippen LogP contribution in [-0.2, 0) is 9.59 Å². The van der Waals surface area contributed by atoms with E-state index < -0.39 is 6.03 Å². The lowest BCUT2D eigenvalue weighted by atomic mass is 10.1. The molecule has 0 atom stereocenters. The zero-order valence-corrected chi connectivity index (χ0v) is 16.7. The van der Waals surface area contributed by atoms with Crippen LogP contribution >= 0.6 is 0 Å². The number of benzene rings is 1. The van der Waals surface area contributed by atoms with Crippen LogP contribution in [-0.4, -0.2) is 63.2 Å². The van der Waals surface area contributed by atoms with Gasteiger partial charge in [0.15, 0.2) is 13.1 Å². The van der Waals surface area contributed by atoms with Gasteiger partial charge in [-0.2, -0.15) is 0 Å². The number of aryl methyl sites for hydroxylation is 1. The van der Waals surface area contributed by atoms with Gasteiger partial charge >= 0.3 is 6.03 Å². The van der Waals surface area contributed by atoms with Gasteiger partial charge in [-0.3, -0.25) is 14.9 Å². The van der Waals surface area contributed by atoms with E-state index in [1.165, 1.54) is 4.90 Å². The van der Waals surface area contributed by atoms with Crippen molar-refractivity contribution in [2.75, 3.05) is 44.6 Å². The van der Waals surface area contributed by atoms with Gasteiger partial charge in [-0.1, -0.05) is 12.1 Å². The Balaban J connectivity index is 1.36. The lowest BCUT2D eigenvalue weighted by Gasteiger charge is -2.28. The molecule has 1 heterocycles. The first-order chi connectivity index (χ1) is 13.4. The molecule has 4 amide bonds. The molecule has 0 radical (unpaired) electrons. The van der Waals surface area contributed by atoms with E-state index >= 15 is 0 Å². The second-order valence-electron chi connectivity index (χ2n) is 7.95. The third kappa shape index (κ3) is 6.03. The van der Waals surface area contributed by atoms with Gasteiger partial charge in [0.2, 0.25) is 0 Å². The fourth-order valence-electron chi connectivity index (χ4n) is 3.48. The quantitative estimate of drug-likeness (QED) is 0.390. The molecule has 1 saturated carbocycles. The van der Waals surface area contributed by atoms with Crippen LogP contribution in [0.1, 0.15) is 24.0 Å². The number of rotatable bonds is 6. The predicted molar refractivity (Wildman–Crippen MR) is 105 cm³/mol. The first-order valence-electron chi connectivity index (χ1n) is 10.0. The van der Waals surface area contributed by atoms with Crippen LogP contribution in [0, 0.1) is 13.8 Å². The second-order valence-corrected chi connectivity index (χ2v) is 7.95. The van der Waals surface area contributed by atoms with Gasteiger partial charge in [-0.15, -0.1) is 0 Å². The van der Waals surface area contributed by atoms with Crippen LogP contribution in [0.4, 0.5) is 10.5 Å². The average molecular weight is 390 g/mol. The lowest BCUT2D eigenvalue weighted by Crippen LogP contribution is -3.28. The summed E-state index contributed by atoms with van der Waals surface area (Å²) in [5.41, 5.74) is 2.78. The van der Waals surface area contributed by atoms with Crippen LogP contribution in [0.15, 0.2) is 18.2 Å². The maximum Gasteiger partial charge on any atom is 0.326 e. The van der Waals surface area contributed by atoms with Crippen molar-refractivity contribution in [2.45, 2.75) is 32.7 Å². The highest BCUT2D eigenvalue weighted by Gasteiger charge is 2.29. The molecule has 8 heteroatoms. The summed E-state index contributed by atoms with van der Waals surface area (Å²) in [5.74, 6) is -0.158. The Kier molecular flexibility index (Phi) is 6.64. The minimum absolute atomic E-state index is 0.127. The van der Waals surface area contributed by atoms with E-state index in [0.29, 0.717) is 18.3 Å². The molecule has 3 rings (SSSR count). The van der Waals surface area contributed by atoms with E-state index in [9.17, 15) is 14.4 Å². The molecule has 2 aliphatic rings. The largest absolute Gasteiger partial charge is 0.348 e. The van der Waals surface area contributed by atoms with E-state index in [2.05, 4.69) is 16.0 Å². The van der Waals surface area contributed by atoms with E-state index in [4.69, 9.17) is 0 Å². The Hall–Kier alpha value is -2.45. The third-order valence-corrected chi connectivity index (χ3v) is 5.53. The Bertz CT molecular complexity index is 739. The van der Waals surface area contributed by atoms with Gasteiger partial charge in [0.05, 0.1) is 0 Å². The fraction of sp³-hybridized carbons (Fsp3) is 0.550. The standard InChI is InChI=1S/C20H29N5O3/c1-14-4-3-5-17(15(14)2)22-20(28)23-19(27)13-25-10-8-24(9-11-25)12-18(26)21-16-6-7-16/h3-5,16H,6-13H2,1-2H3,(H,21,26)(H2,22,23,27,28)/p+2. The Morgan fingerprint density at radius 1 is 0.964 bits per heavy atom. The number of hydrogen-bond donors (Lipinski definition) is 5. The number of amides is 4. The van der Waals surface area contributed by atoms with E-state index in [0.717, 1.165) is 55.0 Å². The Labute approximate surface area is 165 Å². The molecule has 1 aliphatic carbocycles. The van der Waals surface area contributed by atoms with Crippen LogP contribution in [0.5, 0.6) is 0 Å². The minimum Gasteiger partial charge on any atom is -0.348 e. The van der Waals surface area contributed by atoms with Crippen LogP contribution in [0.2, 0.25) is 0 Å². The first-order valence-corrected chi connectivity index (χ1v) is 10.0. The molecule has 1 aromatic rings. The molecule has 8 nitrogen and oxygen atoms in total. The number of imide groups is 1. The highest BCUT2D eigenvalue weighted by molar-refractivity contribution is 6.01. The molecule has 0 aromatic heterocycles. The fourth-order valence-corrected chi connectivity index (χ4v) is 3.48. The molecule has 1 aromatic carbocycles. The van der Waals surface area contributed by atoms with Gasteiger partial charge in [-0.25, -0.2) is 4.79 Å².